The standard InChI is InChI=1S/C22H27ClN2O4/c1-12(2)11-25(21(27)16-7-9-17(23)10-8-16)15(5)20(26)18-13(3)19(22(28)29-6)24-14(18)4/h7-10,12,15,24H,11H2,1-6H3/t15-/m1/s1. The van der Waals surface area contributed by atoms with Gasteiger partial charge in [0.25, 0.3) is 5.91 Å². The number of H-pyrrole nitrogens is 1. The Bertz CT molecular complexity index is 916. The largest absolute Gasteiger partial charge is 0.464 e. The van der Waals surface area contributed by atoms with Gasteiger partial charge in [0.2, 0.25) is 0 Å². The van der Waals surface area contributed by atoms with Crippen LogP contribution in [0.4, 0.5) is 0 Å². The molecule has 6 nitrogen and oxygen atoms in total. The monoisotopic (exact) mass is 418 g/mol. The Labute approximate surface area is 176 Å². The maximum atomic E-state index is 13.3. The minimum absolute atomic E-state index is 0.167. The van der Waals surface area contributed by atoms with E-state index in [2.05, 4.69) is 4.98 Å². The first-order chi connectivity index (χ1) is 13.6. The number of aromatic nitrogens is 1. The molecule has 7 heteroatoms. The molecular weight excluding hydrogens is 392 g/mol. The summed E-state index contributed by atoms with van der Waals surface area (Å²) in [5, 5.41) is 0.537. The summed E-state index contributed by atoms with van der Waals surface area (Å²) in [6, 6.07) is 5.89. The van der Waals surface area contributed by atoms with Gasteiger partial charge >= 0.3 is 5.97 Å². The Morgan fingerprint density at radius 1 is 1.10 bits per heavy atom. The van der Waals surface area contributed by atoms with Gasteiger partial charge in [-0.25, -0.2) is 4.79 Å². The number of nitrogens with one attached hydrogen (secondary N) is 1. The minimum atomic E-state index is -0.709. The summed E-state index contributed by atoms with van der Waals surface area (Å²) >= 11 is 5.93. The average Bonchev–Trinajstić information content (AvgIpc) is 2.98. The molecule has 0 aliphatic carbocycles. The number of esters is 1. The van der Waals surface area contributed by atoms with E-state index in [1.54, 1.807) is 49.9 Å². The molecule has 0 radical (unpaired) electrons. The Kier molecular flexibility index (Phi) is 7.25. The first-order valence-electron chi connectivity index (χ1n) is 9.46. The quantitative estimate of drug-likeness (QED) is 0.532. The van der Waals surface area contributed by atoms with Crippen LogP contribution >= 0.6 is 11.6 Å². The Balaban J connectivity index is 2.41. The number of nitrogens with zero attached hydrogens (tertiary/aromatic N) is 1. The van der Waals surface area contributed by atoms with Gasteiger partial charge in [-0.05, 0) is 56.5 Å². The van der Waals surface area contributed by atoms with Crippen molar-refractivity contribution in [2.24, 2.45) is 5.92 Å². The van der Waals surface area contributed by atoms with Crippen LogP contribution in [-0.4, -0.2) is 47.2 Å². The van der Waals surface area contributed by atoms with E-state index >= 15 is 0 Å². The number of aryl methyl sites for hydroxylation is 1. The van der Waals surface area contributed by atoms with Crippen LogP contribution in [0, 0.1) is 19.8 Å². The van der Waals surface area contributed by atoms with Gasteiger partial charge in [-0.3, -0.25) is 9.59 Å². The molecule has 0 saturated heterocycles. The van der Waals surface area contributed by atoms with E-state index in [0.29, 0.717) is 34.0 Å². The number of hydrogen-bond acceptors (Lipinski definition) is 4. The van der Waals surface area contributed by atoms with Crippen LogP contribution in [0.1, 0.15) is 63.2 Å². The zero-order chi connectivity index (χ0) is 21.9. The highest BCUT2D eigenvalue weighted by Gasteiger charge is 2.32. The van der Waals surface area contributed by atoms with Crippen molar-refractivity contribution in [2.45, 2.75) is 40.7 Å². The molecule has 0 unspecified atom stereocenters. The number of amides is 1. The molecular formula is C22H27ClN2O4. The number of ether oxygens (including phenoxy) is 1. The van der Waals surface area contributed by atoms with Crippen LogP contribution in [0.2, 0.25) is 5.02 Å². The zero-order valence-corrected chi connectivity index (χ0v) is 18.4. The molecule has 1 heterocycles. The number of carbonyl (C=O) groups excluding carboxylic acids is 3. The predicted octanol–water partition coefficient (Wildman–Crippen LogP) is 4.44. The summed E-state index contributed by atoms with van der Waals surface area (Å²) in [7, 11) is 1.29. The number of halogens is 1. The second kappa shape index (κ2) is 9.27. The molecule has 0 bridgehead atoms. The first-order valence-corrected chi connectivity index (χ1v) is 9.84. The molecule has 2 aromatic rings. The lowest BCUT2D eigenvalue weighted by atomic mass is 9.98. The van der Waals surface area contributed by atoms with Crippen molar-refractivity contribution in [3.63, 3.8) is 0 Å². The fourth-order valence-corrected chi connectivity index (χ4v) is 3.47. The molecule has 0 saturated carbocycles. The Morgan fingerprint density at radius 3 is 2.21 bits per heavy atom. The first kappa shape index (κ1) is 22.7. The van der Waals surface area contributed by atoms with E-state index in [0.717, 1.165) is 0 Å². The highest BCUT2D eigenvalue weighted by Crippen LogP contribution is 2.23. The van der Waals surface area contributed by atoms with Gasteiger partial charge in [0.1, 0.15) is 5.69 Å². The van der Waals surface area contributed by atoms with Crippen LogP contribution < -0.4 is 0 Å². The van der Waals surface area contributed by atoms with Crippen molar-refractivity contribution in [3.8, 4) is 0 Å². The number of ketones is 1. The summed E-state index contributed by atoms with van der Waals surface area (Å²) < 4.78 is 4.77. The molecule has 2 rings (SSSR count). The second-order valence-electron chi connectivity index (χ2n) is 7.52. The molecule has 1 aromatic heterocycles. The lowest BCUT2D eigenvalue weighted by molar-refractivity contribution is 0.0591. The molecule has 0 aliphatic rings. The molecule has 1 aromatic carbocycles. The SMILES string of the molecule is COC(=O)c1[nH]c(C)c(C(=O)[C@@H](C)N(CC(C)C)C(=O)c2ccc(Cl)cc2)c1C. The van der Waals surface area contributed by atoms with Crippen molar-refractivity contribution in [1.29, 1.82) is 0 Å². The van der Waals surface area contributed by atoms with Crippen LogP contribution in [0.3, 0.4) is 0 Å². The fraction of sp³-hybridized carbons (Fsp3) is 0.409. The molecule has 156 valence electrons. The lowest BCUT2D eigenvalue weighted by Crippen LogP contribution is -2.45. The van der Waals surface area contributed by atoms with Gasteiger partial charge in [-0.2, -0.15) is 0 Å². The molecule has 29 heavy (non-hydrogen) atoms. The van der Waals surface area contributed by atoms with Crippen LogP contribution in [-0.2, 0) is 4.74 Å². The molecule has 1 amide bonds. The number of methoxy groups -OCH3 is 1. The van der Waals surface area contributed by atoms with Gasteiger partial charge in [0.05, 0.1) is 13.2 Å². The van der Waals surface area contributed by atoms with Gasteiger partial charge in [0, 0.05) is 28.4 Å². The molecule has 0 spiro atoms. The van der Waals surface area contributed by atoms with Gasteiger partial charge in [0.15, 0.2) is 5.78 Å². The van der Waals surface area contributed by atoms with Crippen molar-refractivity contribution in [2.75, 3.05) is 13.7 Å². The van der Waals surface area contributed by atoms with Gasteiger partial charge in [-0.15, -0.1) is 0 Å². The smallest absolute Gasteiger partial charge is 0.354 e. The third kappa shape index (κ3) is 4.88. The van der Waals surface area contributed by atoms with E-state index in [1.807, 2.05) is 13.8 Å². The summed E-state index contributed by atoms with van der Waals surface area (Å²) in [5.41, 5.74) is 2.22. The molecule has 0 fully saturated rings. The highest BCUT2D eigenvalue weighted by atomic mass is 35.5. The van der Waals surface area contributed by atoms with Crippen molar-refractivity contribution in [3.05, 3.63) is 57.4 Å². The van der Waals surface area contributed by atoms with Crippen molar-refractivity contribution < 1.29 is 19.1 Å². The maximum Gasteiger partial charge on any atom is 0.354 e. The van der Waals surface area contributed by atoms with Crippen molar-refractivity contribution in [1.82, 2.24) is 9.88 Å². The van der Waals surface area contributed by atoms with E-state index in [9.17, 15) is 14.4 Å². The Morgan fingerprint density at radius 2 is 1.69 bits per heavy atom. The maximum absolute atomic E-state index is 13.3. The van der Waals surface area contributed by atoms with Crippen LogP contribution in [0.25, 0.3) is 0 Å². The van der Waals surface area contributed by atoms with E-state index in [4.69, 9.17) is 16.3 Å². The molecule has 1 N–H and O–H groups in total. The summed E-state index contributed by atoms with van der Waals surface area (Å²) in [6.07, 6.45) is 0. The topological polar surface area (TPSA) is 79.5 Å². The normalized spacial score (nSPS) is 12.0. The van der Waals surface area contributed by atoms with Crippen molar-refractivity contribution >= 4 is 29.3 Å². The lowest BCUT2D eigenvalue weighted by Gasteiger charge is -2.30. The van der Waals surface area contributed by atoms with E-state index in [1.165, 1.54) is 7.11 Å². The zero-order valence-electron chi connectivity index (χ0n) is 17.6. The number of Topliss-reactive ketones (excluding diaryl/α,β-unsaturated/α-hetero) is 1. The number of rotatable bonds is 7. The minimum Gasteiger partial charge on any atom is -0.464 e. The highest BCUT2D eigenvalue weighted by molar-refractivity contribution is 6.30. The number of benzene rings is 1. The number of carbonyl (C=O) groups is 3. The van der Waals surface area contributed by atoms with Crippen LogP contribution in [0.15, 0.2) is 24.3 Å². The second-order valence-corrected chi connectivity index (χ2v) is 7.95. The van der Waals surface area contributed by atoms with E-state index < -0.39 is 12.0 Å². The third-order valence-electron chi connectivity index (χ3n) is 4.83. The van der Waals surface area contributed by atoms with Gasteiger partial charge < -0.3 is 14.6 Å². The molecule has 0 aliphatic heterocycles. The predicted molar refractivity (Wildman–Crippen MR) is 113 cm³/mol. The summed E-state index contributed by atoms with van der Waals surface area (Å²) in [5.74, 6) is -0.834. The summed E-state index contributed by atoms with van der Waals surface area (Å²) in [4.78, 5) is 42.9. The van der Waals surface area contributed by atoms with Crippen LogP contribution in [0.5, 0.6) is 0 Å². The molecule has 1 atom stereocenters. The average molecular weight is 419 g/mol. The van der Waals surface area contributed by atoms with E-state index in [-0.39, 0.29) is 23.3 Å². The number of aromatic amines is 1. The summed E-state index contributed by atoms with van der Waals surface area (Å²) in [6.45, 7) is 9.53. The van der Waals surface area contributed by atoms with Gasteiger partial charge in [-0.1, -0.05) is 25.4 Å². The fourth-order valence-electron chi connectivity index (χ4n) is 3.34. The number of hydrogen-bond donors (Lipinski definition) is 1. The third-order valence-corrected chi connectivity index (χ3v) is 5.09. The Hall–Kier alpha value is -2.60.